The van der Waals surface area contributed by atoms with Crippen LogP contribution >= 0.6 is 11.3 Å². The summed E-state index contributed by atoms with van der Waals surface area (Å²) in [7, 11) is -3.65. The third-order valence-corrected chi connectivity index (χ3v) is 7.72. The molecular weight excluding hydrogens is 432 g/mol. The molecule has 0 atom stereocenters. The number of thiazole rings is 1. The zero-order chi connectivity index (χ0) is 21.8. The van der Waals surface area contributed by atoms with Gasteiger partial charge in [0.25, 0.3) is 0 Å². The molecule has 0 aliphatic carbocycles. The molecule has 0 unspecified atom stereocenters. The van der Waals surface area contributed by atoms with Gasteiger partial charge in [0.1, 0.15) is 0 Å². The lowest BCUT2D eigenvalue weighted by Gasteiger charge is -2.34. The fourth-order valence-electron chi connectivity index (χ4n) is 3.73. The summed E-state index contributed by atoms with van der Waals surface area (Å²) < 4.78 is 27.8. The number of rotatable bonds is 7. The zero-order valence-electron chi connectivity index (χ0n) is 17.5. The Morgan fingerprint density at radius 2 is 1.84 bits per heavy atom. The number of carbonyl (C=O) groups excluding carboxylic acids is 1. The zero-order valence-corrected chi connectivity index (χ0v) is 19.1. The monoisotopic (exact) mass is 458 g/mol. The number of carbonyl (C=O) groups is 1. The van der Waals surface area contributed by atoms with Crippen LogP contribution in [0, 0.1) is 6.92 Å². The minimum absolute atomic E-state index is 0.0228. The highest BCUT2D eigenvalue weighted by molar-refractivity contribution is 7.89. The molecule has 1 aromatic heterocycles. The van der Waals surface area contributed by atoms with E-state index >= 15 is 0 Å². The maximum Gasteiger partial charge on any atom is 0.240 e. The number of sulfonamides is 1. The molecule has 1 N–H and O–H groups in total. The Morgan fingerprint density at radius 1 is 1.10 bits per heavy atom. The molecule has 9 heteroatoms. The van der Waals surface area contributed by atoms with Gasteiger partial charge in [-0.15, -0.1) is 11.3 Å². The van der Waals surface area contributed by atoms with Gasteiger partial charge in [-0.1, -0.05) is 30.3 Å². The predicted octanol–water partition coefficient (Wildman–Crippen LogP) is 2.62. The van der Waals surface area contributed by atoms with E-state index in [2.05, 4.69) is 20.0 Å². The average Bonchev–Trinajstić information content (AvgIpc) is 3.18. The van der Waals surface area contributed by atoms with Crippen molar-refractivity contribution in [3.05, 3.63) is 58.5 Å². The van der Waals surface area contributed by atoms with Crippen LogP contribution in [0.4, 0.5) is 0 Å². The number of aryl methyl sites for hydroxylation is 1. The van der Waals surface area contributed by atoms with E-state index in [1.807, 2.05) is 36.1 Å². The third kappa shape index (κ3) is 5.48. The summed E-state index contributed by atoms with van der Waals surface area (Å²) in [6, 6.07) is 12.7. The SMILES string of the molecule is Cc1nc(CN2CCN(C(=O)CCNS(=O)(=O)c3ccc4ccccc4c3)CC2)cs1. The highest BCUT2D eigenvalue weighted by Crippen LogP contribution is 2.19. The van der Waals surface area contributed by atoms with Crippen molar-refractivity contribution in [1.29, 1.82) is 0 Å². The van der Waals surface area contributed by atoms with Crippen LogP contribution in [0.25, 0.3) is 10.8 Å². The van der Waals surface area contributed by atoms with Crippen LogP contribution in [0.1, 0.15) is 17.1 Å². The Hall–Kier alpha value is -2.33. The van der Waals surface area contributed by atoms with Crippen molar-refractivity contribution < 1.29 is 13.2 Å². The Bertz CT molecular complexity index is 1170. The van der Waals surface area contributed by atoms with E-state index in [1.165, 1.54) is 0 Å². The van der Waals surface area contributed by atoms with Gasteiger partial charge in [0, 0.05) is 51.1 Å². The summed E-state index contributed by atoms with van der Waals surface area (Å²) in [6.45, 7) is 5.79. The molecular formula is C22H26N4O3S2. The molecule has 0 bridgehead atoms. The number of aromatic nitrogens is 1. The molecule has 3 aromatic rings. The second-order valence-corrected chi connectivity index (χ2v) is 10.5. The number of nitrogens with zero attached hydrogens (tertiary/aromatic N) is 3. The second kappa shape index (κ2) is 9.44. The van der Waals surface area contributed by atoms with Crippen molar-refractivity contribution in [2.75, 3.05) is 32.7 Å². The van der Waals surface area contributed by atoms with Crippen LogP contribution in [0.2, 0.25) is 0 Å². The lowest BCUT2D eigenvalue weighted by atomic mass is 10.1. The van der Waals surface area contributed by atoms with Gasteiger partial charge in [0.2, 0.25) is 15.9 Å². The molecule has 1 amide bonds. The van der Waals surface area contributed by atoms with E-state index in [0.29, 0.717) is 13.1 Å². The first-order chi connectivity index (χ1) is 14.9. The molecule has 1 aliphatic rings. The fraction of sp³-hybridized carbons (Fsp3) is 0.364. The van der Waals surface area contributed by atoms with E-state index in [1.54, 1.807) is 29.5 Å². The third-order valence-electron chi connectivity index (χ3n) is 5.44. The number of fused-ring (bicyclic) bond motifs is 1. The standard InChI is InChI=1S/C22H26N4O3S2/c1-17-24-20(16-30-17)15-25-10-12-26(13-11-25)22(27)8-9-23-31(28,29)21-7-6-18-4-2-3-5-19(18)14-21/h2-7,14,16,23H,8-13,15H2,1H3. The largest absolute Gasteiger partial charge is 0.340 e. The maximum absolute atomic E-state index is 12.6. The van der Waals surface area contributed by atoms with Gasteiger partial charge in [0.15, 0.2) is 0 Å². The van der Waals surface area contributed by atoms with Gasteiger partial charge in [-0.3, -0.25) is 9.69 Å². The van der Waals surface area contributed by atoms with Crippen molar-refractivity contribution in [1.82, 2.24) is 19.5 Å². The van der Waals surface area contributed by atoms with Crippen LogP contribution in [0.3, 0.4) is 0 Å². The lowest BCUT2D eigenvalue weighted by molar-refractivity contribution is -0.132. The van der Waals surface area contributed by atoms with E-state index in [0.717, 1.165) is 41.1 Å². The molecule has 7 nitrogen and oxygen atoms in total. The fourth-order valence-corrected chi connectivity index (χ4v) is 5.40. The molecule has 1 fully saturated rings. The Balaban J connectivity index is 1.25. The maximum atomic E-state index is 12.6. The number of hydrogen-bond donors (Lipinski definition) is 1. The minimum Gasteiger partial charge on any atom is -0.340 e. The molecule has 0 radical (unpaired) electrons. The Kier molecular flexibility index (Phi) is 6.66. The van der Waals surface area contributed by atoms with Gasteiger partial charge in [-0.05, 0) is 29.8 Å². The van der Waals surface area contributed by atoms with E-state index in [-0.39, 0.29) is 23.8 Å². The van der Waals surface area contributed by atoms with Crippen LogP contribution in [0.5, 0.6) is 0 Å². The van der Waals surface area contributed by atoms with Gasteiger partial charge in [-0.25, -0.2) is 18.1 Å². The number of piperazine rings is 1. The summed E-state index contributed by atoms with van der Waals surface area (Å²) in [6.07, 6.45) is 0.151. The second-order valence-electron chi connectivity index (χ2n) is 7.67. The van der Waals surface area contributed by atoms with Crippen molar-refractivity contribution in [2.45, 2.75) is 24.8 Å². The summed E-state index contributed by atoms with van der Waals surface area (Å²) >= 11 is 1.65. The highest BCUT2D eigenvalue weighted by atomic mass is 32.2. The molecule has 2 heterocycles. The van der Waals surface area contributed by atoms with Gasteiger partial charge in [0.05, 0.1) is 15.6 Å². The predicted molar refractivity (Wildman–Crippen MR) is 122 cm³/mol. The van der Waals surface area contributed by atoms with Crippen molar-refractivity contribution >= 4 is 38.0 Å². The molecule has 1 aliphatic heterocycles. The number of amides is 1. The van der Waals surface area contributed by atoms with Crippen molar-refractivity contribution in [2.24, 2.45) is 0 Å². The van der Waals surface area contributed by atoms with Crippen LogP contribution in [-0.2, 0) is 21.4 Å². The van der Waals surface area contributed by atoms with E-state index < -0.39 is 10.0 Å². The van der Waals surface area contributed by atoms with Crippen LogP contribution in [0.15, 0.2) is 52.7 Å². The highest BCUT2D eigenvalue weighted by Gasteiger charge is 2.22. The molecule has 4 rings (SSSR count). The molecule has 164 valence electrons. The van der Waals surface area contributed by atoms with Crippen molar-refractivity contribution in [3.63, 3.8) is 0 Å². The van der Waals surface area contributed by atoms with Gasteiger partial charge in [-0.2, -0.15) is 0 Å². The van der Waals surface area contributed by atoms with Crippen LogP contribution < -0.4 is 4.72 Å². The number of benzene rings is 2. The van der Waals surface area contributed by atoms with Crippen LogP contribution in [-0.4, -0.2) is 61.8 Å². The summed E-state index contributed by atoms with van der Waals surface area (Å²) in [4.78, 5) is 21.3. The molecule has 2 aromatic carbocycles. The molecule has 0 spiro atoms. The average molecular weight is 459 g/mol. The summed E-state index contributed by atoms with van der Waals surface area (Å²) in [5, 5.41) is 5.00. The number of nitrogens with one attached hydrogen (secondary N) is 1. The first-order valence-corrected chi connectivity index (χ1v) is 12.7. The smallest absolute Gasteiger partial charge is 0.240 e. The normalized spacial score (nSPS) is 15.5. The first-order valence-electron chi connectivity index (χ1n) is 10.3. The Labute approximate surface area is 186 Å². The quantitative estimate of drug-likeness (QED) is 0.589. The Morgan fingerprint density at radius 3 is 2.55 bits per heavy atom. The van der Waals surface area contributed by atoms with E-state index in [4.69, 9.17) is 0 Å². The molecule has 31 heavy (non-hydrogen) atoms. The first kappa shape index (κ1) is 21.9. The van der Waals surface area contributed by atoms with E-state index in [9.17, 15) is 13.2 Å². The van der Waals surface area contributed by atoms with Gasteiger partial charge < -0.3 is 4.90 Å². The minimum atomic E-state index is -3.65. The summed E-state index contributed by atoms with van der Waals surface area (Å²) in [5.41, 5.74) is 1.07. The topological polar surface area (TPSA) is 82.6 Å². The molecule has 1 saturated heterocycles. The molecule has 0 saturated carbocycles. The van der Waals surface area contributed by atoms with Gasteiger partial charge >= 0.3 is 0 Å². The summed E-state index contributed by atoms with van der Waals surface area (Å²) in [5.74, 6) is -0.0228. The number of hydrogen-bond acceptors (Lipinski definition) is 6. The lowest BCUT2D eigenvalue weighted by Crippen LogP contribution is -2.48. The van der Waals surface area contributed by atoms with Crippen molar-refractivity contribution in [3.8, 4) is 0 Å².